The van der Waals surface area contributed by atoms with Crippen molar-refractivity contribution in [1.82, 2.24) is 19.5 Å². The topological polar surface area (TPSA) is 159 Å². The maximum absolute atomic E-state index is 12.6. The molecule has 0 saturated carbocycles. The summed E-state index contributed by atoms with van der Waals surface area (Å²) in [4.78, 5) is 23.6. The van der Waals surface area contributed by atoms with Gasteiger partial charge in [-0.25, -0.2) is 28.8 Å². The lowest BCUT2D eigenvalue weighted by Crippen LogP contribution is -2.33. The van der Waals surface area contributed by atoms with Crippen LogP contribution in [-0.2, 0) is 32.3 Å². The second-order valence-electron chi connectivity index (χ2n) is 6.64. The number of aromatic nitrogens is 4. The van der Waals surface area contributed by atoms with Crippen molar-refractivity contribution < 1.29 is 37.1 Å². The van der Waals surface area contributed by atoms with Gasteiger partial charge in [-0.05, 0) is 13.8 Å². The highest BCUT2D eigenvalue weighted by Crippen LogP contribution is 2.56. The molecule has 4 heterocycles. The molecule has 2 aromatic heterocycles. The fourth-order valence-corrected chi connectivity index (χ4v) is 4.27. The molecular weight excluding hydrogens is 409 g/mol. The van der Waals surface area contributed by atoms with E-state index in [1.54, 1.807) is 24.7 Å². The number of anilines is 1. The Hall–Kier alpha value is -2.31. The molecule has 0 aliphatic carbocycles. The van der Waals surface area contributed by atoms with Crippen LogP contribution in [0.15, 0.2) is 12.7 Å². The molecule has 4 rings (SSSR count). The van der Waals surface area contributed by atoms with Gasteiger partial charge in [0.1, 0.15) is 30.3 Å². The van der Waals surface area contributed by atoms with Crippen molar-refractivity contribution in [3.05, 3.63) is 12.7 Å². The van der Waals surface area contributed by atoms with Gasteiger partial charge in [0.2, 0.25) is 6.79 Å². The summed E-state index contributed by atoms with van der Waals surface area (Å²) < 4.78 is 45.4. The van der Waals surface area contributed by atoms with Gasteiger partial charge in [-0.1, -0.05) is 0 Å². The summed E-state index contributed by atoms with van der Waals surface area (Å²) in [5, 5.41) is 0. The van der Waals surface area contributed by atoms with Crippen molar-refractivity contribution in [2.24, 2.45) is 0 Å². The molecule has 2 N–H and O–H groups in total. The Bertz CT molecular complexity index is 952. The van der Waals surface area contributed by atoms with Crippen LogP contribution in [0.4, 0.5) is 10.6 Å². The third kappa shape index (κ3) is 4.19. The monoisotopic (exact) mass is 429 g/mol. The summed E-state index contributed by atoms with van der Waals surface area (Å²) in [5.74, 6) is 0.262. The summed E-state index contributed by atoms with van der Waals surface area (Å²) in [6, 6.07) is 0. The van der Waals surface area contributed by atoms with Crippen LogP contribution in [0.25, 0.3) is 11.2 Å². The number of carbonyl (C=O) groups is 1. The molecule has 4 atom stereocenters. The van der Waals surface area contributed by atoms with E-state index in [0.29, 0.717) is 17.6 Å². The number of hydrogen-bond acceptors (Lipinski definition) is 12. The SMILES string of the molecule is CC(C)OC(=O)OCOP1(=O)OC[C@H]2OC(n3cnc4c(N)ncnc43)CC2O1. The Morgan fingerprint density at radius 2 is 2.21 bits per heavy atom. The van der Waals surface area contributed by atoms with E-state index in [4.69, 9.17) is 28.8 Å². The van der Waals surface area contributed by atoms with Crippen molar-refractivity contribution in [3.8, 4) is 0 Å². The largest absolute Gasteiger partial charge is 0.510 e. The lowest BCUT2D eigenvalue weighted by atomic mass is 10.2. The maximum atomic E-state index is 12.6. The van der Waals surface area contributed by atoms with Crippen LogP contribution in [0.2, 0.25) is 0 Å². The van der Waals surface area contributed by atoms with Crippen molar-refractivity contribution in [1.29, 1.82) is 0 Å². The fourth-order valence-electron chi connectivity index (χ4n) is 3.01. The Balaban J connectivity index is 1.37. The number of phosphoric ester groups is 1. The van der Waals surface area contributed by atoms with Gasteiger partial charge in [-0.2, -0.15) is 0 Å². The van der Waals surface area contributed by atoms with E-state index >= 15 is 0 Å². The predicted octanol–water partition coefficient (Wildman–Crippen LogP) is 1.76. The minimum absolute atomic E-state index is 0.0152. The fraction of sp³-hybridized carbons (Fsp3) is 0.600. The lowest BCUT2D eigenvalue weighted by molar-refractivity contribution is -0.0830. The van der Waals surface area contributed by atoms with Crippen molar-refractivity contribution in [2.75, 3.05) is 19.1 Å². The van der Waals surface area contributed by atoms with E-state index in [9.17, 15) is 9.36 Å². The number of hydrogen-bond donors (Lipinski definition) is 1. The molecule has 2 aliphatic heterocycles. The standard InChI is InChI=1S/C15H20N5O8P/c1-8(2)26-15(21)23-7-25-29(22)24-4-10-9(28-29)3-11(27-10)20-6-19-12-13(16)17-5-18-14(12)20/h5-6,8-11H,3-4,7H2,1-2H3,(H2,16,17,18)/t9?,10-,11?,29?/m1/s1. The van der Waals surface area contributed by atoms with E-state index in [-0.39, 0.29) is 18.5 Å². The normalized spacial score (nSPS) is 29.1. The van der Waals surface area contributed by atoms with E-state index in [1.165, 1.54) is 6.33 Å². The molecular formula is C15H20N5O8P. The number of ether oxygens (including phenoxy) is 3. The number of nitrogens with zero attached hydrogens (tertiary/aromatic N) is 4. The first-order chi connectivity index (χ1) is 13.8. The Morgan fingerprint density at radius 3 is 3.00 bits per heavy atom. The molecule has 14 heteroatoms. The highest BCUT2D eigenvalue weighted by molar-refractivity contribution is 7.48. The molecule has 13 nitrogen and oxygen atoms in total. The quantitative estimate of drug-likeness (QED) is 0.417. The molecule has 2 aromatic rings. The number of fused-ring (bicyclic) bond motifs is 2. The molecule has 0 bridgehead atoms. The van der Waals surface area contributed by atoms with Crippen LogP contribution in [-0.4, -0.2) is 57.4 Å². The molecule has 3 unspecified atom stereocenters. The smallest absolute Gasteiger partial charge is 0.432 e. The van der Waals surface area contributed by atoms with Crippen LogP contribution in [0, 0.1) is 0 Å². The molecule has 0 spiro atoms. The molecule has 0 aromatic carbocycles. The average molecular weight is 429 g/mol. The number of nitrogen functional groups attached to an aromatic ring is 1. The van der Waals surface area contributed by atoms with Crippen molar-refractivity contribution in [2.45, 2.75) is 44.8 Å². The molecule has 2 aliphatic rings. The lowest BCUT2D eigenvalue weighted by Gasteiger charge is -2.29. The molecule has 158 valence electrons. The molecule has 29 heavy (non-hydrogen) atoms. The van der Waals surface area contributed by atoms with Gasteiger partial charge in [0.05, 0.1) is 19.0 Å². The molecule has 0 amide bonds. The summed E-state index contributed by atoms with van der Waals surface area (Å²) in [7, 11) is -3.92. The van der Waals surface area contributed by atoms with Crippen molar-refractivity contribution in [3.63, 3.8) is 0 Å². The molecule has 2 saturated heterocycles. The van der Waals surface area contributed by atoms with Crippen LogP contribution in [0.1, 0.15) is 26.5 Å². The second-order valence-corrected chi connectivity index (χ2v) is 8.26. The zero-order chi connectivity index (χ0) is 20.6. The third-order valence-electron chi connectivity index (χ3n) is 4.26. The van der Waals surface area contributed by atoms with Gasteiger partial charge >= 0.3 is 14.0 Å². The number of nitrogens with two attached hydrogens (primary N) is 1. The Labute approximate surface area is 165 Å². The van der Waals surface area contributed by atoms with E-state index in [1.807, 2.05) is 0 Å². The third-order valence-corrected chi connectivity index (χ3v) is 5.67. The van der Waals surface area contributed by atoms with Crippen LogP contribution in [0.5, 0.6) is 0 Å². The Kier molecular flexibility index (Phi) is 5.40. The summed E-state index contributed by atoms with van der Waals surface area (Å²) >= 11 is 0. The van der Waals surface area contributed by atoms with Gasteiger partial charge in [-0.15, -0.1) is 0 Å². The number of imidazole rings is 1. The first-order valence-corrected chi connectivity index (χ1v) is 10.3. The van der Waals surface area contributed by atoms with Gasteiger partial charge in [0.15, 0.2) is 11.5 Å². The van der Waals surface area contributed by atoms with Gasteiger partial charge < -0.3 is 19.9 Å². The minimum atomic E-state index is -3.92. The highest BCUT2D eigenvalue weighted by Gasteiger charge is 2.48. The number of rotatable bonds is 5. The molecule has 2 fully saturated rings. The average Bonchev–Trinajstić information content (AvgIpc) is 3.24. The predicted molar refractivity (Wildman–Crippen MR) is 95.3 cm³/mol. The zero-order valence-corrected chi connectivity index (χ0v) is 16.6. The second kappa shape index (κ2) is 7.84. The minimum Gasteiger partial charge on any atom is -0.432 e. The highest BCUT2D eigenvalue weighted by atomic mass is 31.2. The summed E-state index contributed by atoms with van der Waals surface area (Å²) in [6.45, 7) is 2.68. The summed E-state index contributed by atoms with van der Waals surface area (Å²) in [6.07, 6.45) is 0.442. The Morgan fingerprint density at radius 1 is 1.38 bits per heavy atom. The maximum Gasteiger partial charge on any atom is 0.510 e. The number of carbonyl (C=O) groups excluding carboxylic acids is 1. The van der Waals surface area contributed by atoms with E-state index in [0.717, 1.165) is 0 Å². The summed E-state index contributed by atoms with van der Waals surface area (Å²) in [5.41, 5.74) is 6.78. The zero-order valence-electron chi connectivity index (χ0n) is 15.7. The number of phosphoric acid groups is 1. The first-order valence-electron chi connectivity index (χ1n) is 8.84. The van der Waals surface area contributed by atoms with Crippen molar-refractivity contribution >= 4 is 31.0 Å². The van der Waals surface area contributed by atoms with Gasteiger partial charge in [0.25, 0.3) is 0 Å². The van der Waals surface area contributed by atoms with Crippen LogP contribution < -0.4 is 5.73 Å². The molecule has 0 radical (unpaired) electrons. The van der Waals surface area contributed by atoms with E-state index < -0.39 is 39.2 Å². The first kappa shape index (κ1) is 20.0. The van der Waals surface area contributed by atoms with Gasteiger partial charge in [-0.3, -0.25) is 13.6 Å². The van der Waals surface area contributed by atoms with Crippen LogP contribution >= 0.6 is 7.82 Å². The van der Waals surface area contributed by atoms with Gasteiger partial charge in [0, 0.05) is 6.42 Å². The van der Waals surface area contributed by atoms with Crippen LogP contribution in [0.3, 0.4) is 0 Å². The van der Waals surface area contributed by atoms with E-state index in [2.05, 4.69) is 19.7 Å².